The molecule has 1 N–H and O–H groups in total. The van der Waals surface area contributed by atoms with Gasteiger partial charge in [0.25, 0.3) is 0 Å². The molecule has 1 aromatic carbocycles. The quantitative estimate of drug-likeness (QED) is 0.695. The van der Waals surface area contributed by atoms with E-state index in [1.807, 2.05) is 42.7 Å². The standard InChI is InChI=1S/C17H15N5OS2/c1-11-5-3-4-6-14(11)22-12(2)20-21-17(22)25-10-15(23)19-16-13(9-18)7-8-24-16/h3-8H,10H2,1-2H3,(H,19,23). The Kier molecular flexibility index (Phi) is 5.16. The molecule has 0 saturated carbocycles. The van der Waals surface area contributed by atoms with Gasteiger partial charge >= 0.3 is 0 Å². The summed E-state index contributed by atoms with van der Waals surface area (Å²) in [5.74, 6) is 0.774. The fourth-order valence-electron chi connectivity index (χ4n) is 2.32. The van der Waals surface area contributed by atoms with Crippen LogP contribution in [-0.4, -0.2) is 26.4 Å². The Hall–Kier alpha value is -2.63. The minimum atomic E-state index is -0.180. The summed E-state index contributed by atoms with van der Waals surface area (Å²) >= 11 is 2.65. The van der Waals surface area contributed by atoms with Crippen molar-refractivity contribution in [1.82, 2.24) is 14.8 Å². The third-order valence-electron chi connectivity index (χ3n) is 3.52. The third-order valence-corrected chi connectivity index (χ3v) is 5.28. The lowest BCUT2D eigenvalue weighted by molar-refractivity contribution is -0.113. The third kappa shape index (κ3) is 3.73. The highest BCUT2D eigenvalue weighted by atomic mass is 32.2. The van der Waals surface area contributed by atoms with Gasteiger partial charge in [0.2, 0.25) is 5.91 Å². The molecule has 6 nitrogen and oxygen atoms in total. The van der Waals surface area contributed by atoms with Crippen LogP contribution < -0.4 is 5.32 Å². The lowest BCUT2D eigenvalue weighted by Crippen LogP contribution is -2.14. The van der Waals surface area contributed by atoms with Gasteiger partial charge in [-0.25, -0.2) is 0 Å². The van der Waals surface area contributed by atoms with Gasteiger partial charge in [0.15, 0.2) is 5.16 Å². The maximum absolute atomic E-state index is 12.2. The number of benzene rings is 1. The number of hydrogen-bond donors (Lipinski definition) is 1. The molecule has 126 valence electrons. The second-order valence-electron chi connectivity index (χ2n) is 5.26. The molecule has 0 aliphatic carbocycles. The van der Waals surface area contributed by atoms with Crippen molar-refractivity contribution in [3.8, 4) is 11.8 Å². The number of nitrogens with zero attached hydrogens (tertiary/aromatic N) is 4. The van der Waals surface area contributed by atoms with Gasteiger partial charge in [-0.05, 0) is 36.9 Å². The summed E-state index contributed by atoms with van der Waals surface area (Å²) in [5.41, 5.74) is 2.58. The van der Waals surface area contributed by atoms with Gasteiger partial charge < -0.3 is 5.32 Å². The van der Waals surface area contributed by atoms with Crippen molar-refractivity contribution in [3.05, 3.63) is 52.7 Å². The number of anilines is 1. The number of carbonyl (C=O) groups is 1. The smallest absolute Gasteiger partial charge is 0.235 e. The van der Waals surface area contributed by atoms with Gasteiger partial charge in [0, 0.05) is 0 Å². The first-order valence-electron chi connectivity index (χ1n) is 7.48. The van der Waals surface area contributed by atoms with Crippen molar-refractivity contribution in [1.29, 1.82) is 5.26 Å². The fourth-order valence-corrected chi connectivity index (χ4v) is 3.86. The minimum absolute atomic E-state index is 0.180. The van der Waals surface area contributed by atoms with Crippen molar-refractivity contribution in [2.45, 2.75) is 19.0 Å². The van der Waals surface area contributed by atoms with E-state index in [4.69, 9.17) is 5.26 Å². The summed E-state index contributed by atoms with van der Waals surface area (Å²) in [5, 5.41) is 23.1. The molecular formula is C17H15N5OS2. The lowest BCUT2D eigenvalue weighted by Gasteiger charge is -2.11. The Bertz CT molecular complexity index is 954. The van der Waals surface area contributed by atoms with Crippen molar-refractivity contribution < 1.29 is 4.79 Å². The number of hydrogen-bond acceptors (Lipinski definition) is 6. The van der Waals surface area contributed by atoms with Crippen LogP contribution in [0.3, 0.4) is 0 Å². The monoisotopic (exact) mass is 369 g/mol. The van der Waals surface area contributed by atoms with E-state index in [1.54, 1.807) is 11.4 Å². The molecule has 0 fully saturated rings. The Morgan fingerprint density at radius 1 is 1.32 bits per heavy atom. The second kappa shape index (κ2) is 7.51. The molecule has 8 heteroatoms. The van der Waals surface area contributed by atoms with E-state index in [9.17, 15) is 4.79 Å². The number of carbonyl (C=O) groups excluding carboxylic acids is 1. The maximum Gasteiger partial charge on any atom is 0.235 e. The summed E-state index contributed by atoms with van der Waals surface area (Å²) in [4.78, 5) is 12.2. The highest BCUT2D eigenvalue weighted by molar-refractivity contribution is 7.99. The van der Waals surface area contributed by atoms with Gasteiger partial charge in [-0.2, -0.15) is 5.26 Å². The van der Waals surface area contributed by atoms with E-state index < -0.39 is 0 Å². The molecule has 0 bridgehead atoms. The van der Waals surface area contributed by atoms with E-state index in [0.717, 1.165) is 17.1 Å². The number of rotatable bonds is 5. The van der Waals surface area contributed by atoms with Crippen LogP contribution >= 0.6 is 23.1 Å². The van der Waals surface area contributed by atoms with E-state index in [1.165, 1.54) is 23.1 Å². The predicted molar refractivity (Wildman–Crippen MR) is 99.2 cm³/mol. The first-order valence-corrected chi connectivity index (χ1v) is 9.35. The van der Waals surface area contributed by atoms with Gasteiger partial charge in [0.05, 0.1) is 17.0 Å². The molecule has 3 aromatic rings. The largest absolute Gasteiger partial charge is 0.316 e. The minimum Gasteiger partial charge on any atom is -0.316 e. The Balaban J connectivity index is 1.74. The molecular weight excluding hydrogens is 354 g/mol. The first kappa shape index (κ1) is 17.2. The summed E-state index contributed by atoms with van der Waals surface area (Å²) in [6, 6.07) is 11.7. The molecule has 25 heavy (non-hydrogen) atoms. The SMILES string of the molecule is Cc1ccccc1-n1c(C)nnc1SCC(=O)Nc1sccc1C#N. The van der Waals surface area contributed by atoms with Crippen molar-refractivity contribution in [2.75, 3.05) is 11.1 Å². The number of amides is 1. The van der Waals surface area contributed by atoms with Crippen LogP contribution in [0.15, 0.2) is 40.9 Å². The molecule has 0 atom stereocenters. The number of thiophene rings is 1. The van der Waals surface area contributed by atoms with Gasteiger partial charge in [-0.3, -0.25) is 9.36 Å². The fraction of sp³-hybridized carbons (Fsp3) is 0.176. The van der Waals surface area contributed by atoms with E-state index in [-0.39, 0.29) is 11.7 Å². The Labute approximate surface area is 153 Å². The van der Waals surface area contributed by atoms with E-state index in [2.05, 4.69) is 21.6 Å². The first-order chi connectivity index (χ1) is 12.1. The number of aromatic nitrogens is 3. The summed E-state index contributed by atoms with van der Waals surface area (Å²) in [6.45, 7) is 3.91. The second-order valence-corrected chi connectivity index (χ2v) is 7.12. The Morgan fingerprint density at radius 3 is 2.88 bits per heavy atom. The lowest BCUT2D eigenvalue weighted by atomic mass is 10.2. The van der Waals surface area contributed by atoms with Crippen LogP contribution in [0.1, 0.15) is 17.0 Å². The zero-order chi connectivity index (χ0) is 17.8. The average Bonchev–Trinajstić information content (AvgIpc) is 3.20. The Morgan fingerprint density at radius 2 is 2.12 bits per heavy atom. The molecule has 2 heterocycles. The predicted octanol–water partition coefficient (Wildman–Crippen LogP) is 3.55. The number of nitriles is 1. The van der Waals surface area contributed by atoms with E-state index >= 15 is 0 Å². The molecule has 1 amide bonds. The van der Waals surface area contributed by atoms with Gasteiger partial charge in [0.1, 0.15) is 16.9 Å². The topological polar surface area (TPSA) is 83.6 Å². The summed E-state index contributed by atoms with van der Waals surface area (Å²) < 4.78 is 1.94. The molecule has 0 radical (unpaired) electrons. The van der Waals surface area contributed by atoms with Gasteiger partial charge in [-0.1, -0.05) is 30.0 Å². The highest BCUT2D eigenvalue weighted by Gasteiger charge is 2.15. The normalized spacial score (nSPS) is 10.4. The van der Waals surface area contributed by atoms with Crippen molar-refractivity contribution >= 4 is 34.0 Å². The zero-order valence-electron chi connectivity index (χ0n) is 13.7. The van der Waals surface area contributed by atoms with Crippen LogP contribution in [-0.2, 0) is 4.79 Å². The van der Waals surface area contributed by atoms with Crippen molar-refractivity contribution in [2.24, 2.45) is 0 Å². The summed E-state index contributed by atoms with van der Waals surface area (Å²) in [7, 11) is 0. The number of aryl methyl sites for hydroxylation is 2. The van der Waals surface area contributed by atoms with Crippen LogP contribution in [0.4, 0.5) is 5.00 Å². The van der Waals surface area contributed by atoms with Gasteiger partial charge in [-0.15, -0.1) is 21.5 Å². The molecule has 3 rings (SSSR count). The summed E-state index contributed by atoms with van der Waals surface area (Å²) in [6.07, 6.45) is 0. The van der Waals surface area contributed by atoms with Crippen LogP contribution in [0.5, 0.6) is 0 Å². The van der Waals surface area contributed by atoms with E-state index in [0.29, 0.717) is 15.7 Å². The molecule has 0 aliphatic rings. The molecule has 0 spiro atoms. The number of nitrogens with one attached hydrogen (secondary N) is 1. The van der Waals surface area contributed by atoms with Crippen LogP contribution in [0, 0.1) is 25.2 Å². The maximum atomic E-state index is 12.2. The average molecular weight is 369 g/mol. The number of thioether (sulfide) groups is 1. The molecule has 0 aliphatic heterocycles. The van der Waals surface area contributed by atoms with Crippen molar-refractivity contribution in [3.63, 3.8) is 0 Å². The molecule has 2 aromatic heterocycles. The van der Waals surface area contributed by atoms with Crippen LogP contribution in [0.25, 0.3) is 5.69 Å². The molecule has 0 unspecified atom stereocenters. The highest BCUT2D eigenvalue weighted by Crippen LogP contribution is 2.25. The van der Waals surface area contributed by atoms with Crippen LogP contribution in [0.2, 0.25) is 0 Å². The molecule has 0 saturated heterocycles. The zero-order valence-corrected chi connectivity index (χ0v) is 15.3. The number of para-hydroxylation sites is 1.